The average Bonchev–Trinajstić information content (AvgIpc) is 2.70. The van der Waals surface area contributed by atoms with Gasteiger partial charge in [-0.15, -0.1) is 11.8 Å². The van der Waals surface area contributed by atoms with E-state index < -0.39 is 0 Å². The van der Waals surface area contributed by atoms with Crippen LogP contribution >= 0.6 is 11.8 Å². The number of nitrogens with one attached hydrogen (secondary N) is 1. The van der Waals surface area contributed by atoms with Crippen molar-refractivity contribution >= 4 is 17.7 Å². The fourth-order valence-corrected chi connectivity index (χ4v) is 2.98. The van der Waals surface area contributed by atoms with E-state index in [-0.39, 0.29) is 0 Å². The molecule has 1 aromatic carbocycles. The van der Waals surface area contributed by atoms with Crippen LogP contribution in [0.1, 0.15) is 18.4 Å². The average molecular weight is 278 g/mol. The van der Waals surface area contributed by atoms with Crippen LogP contribution in [0.5, 0.6) is 0 Å². The van der Waals surface area contributed by atoms with Crippen LogP contribution in [0, 0.1) is 6.92 Å². The van der Waals surface area contributed by atoms with Crippen molar-refractivity contribution in [2.75, 3.05) is 31.9 Å². The summed E-state index contributed by atoms with van der Waals surface area (Å²) in [6.45, 7) is 5.80. The number of hydrogen-bond donors (Lipinski definition) is 1. The molecule has 1 aliphatic heterocycles. The number of carbonyl (C=O) groups excluding carboxylic acids is 1. The molecular weight excluding hydrogens is 256 g/mol. The van der Waals surface area contributed by atoms with Gasteiger partial charge < -0.3 is 10.2 Å². The van der Waals surface area contributed by atoms with Crippen LogP contribution < -0.4 is 5.32 Å². The number of hydrogen-bond acceptors (Lipinski definition) is 3. The Bertz CT molecular complexity index is 397. The lowest BCUT2D eigenvalue weighted by Crippen LogP contribution is -2.34. The van der Waals surface area contributed by atoms with Gasteiger partial charge in [0.05, 0.1) is 0 Å². The Hall–Kier alpha value is -1.00. The molecule has 1 aromatic rings. The van der Waals surface area contributed by atoms with E-state index in [1.165, 1.54) is 10.5 Å². The standard InChI is InChI=1S/C15H22N2OS/c1-13-3-5-14(6-4-13)19-12-7-15(18)17-10-2-8-16-9-11-17/h3-6,16H,2,7-12H2,1H3. The molecule has 19 heavy (non-hydrogen) atoms. The second-order valence-electron chi connectivity index (χ2n) is 4.90. The Morgan fingerprint density at radius 1 is 1.26 bits per heavy atom. The van der Waals surface area contributed by atoms with E-state index in [2.05, 4.69) is 36.5 Å². The van der Waals surface area contributed by atoms with Gasteiger partial charge in [0.25, 0.3) is 0 Å². The van der Waals surface area contributed by atoms with E-state index in [1.807, 2.05) is 4.90 Å². The van der Waals surface area contributed by atoms with Crippen LogP contribution in [0.15, 0.2) is 29.2 Å². The SMILES string of the molecule is Cc1ccc(SCCC(=O)N2CCCNCC2)cc1. The van der Waals surface area contributed by atoms with Crippen LogP contribution in [0.3, 0.4) is 0 Å². The Morgan fingerprint density at radius 3 is 2.84 bits per heavy atom. The fraction of sp³-hybridized carbons (Fsp3) is 0.533. The molecular formula is C15H22N2OS. The van der Waals surface area contributed by atoms with Gasteiger partial charge in [0, 0.05) is 36.7 Å². The molecule has 0 bridgehead atoms. The number of benzene rings is 1. The van der Waals surface area contributed by atoms with Crippen LogP contribution in [-0.2, 0) is 4.79 Å². The summed E-state index contributed by atoms with van der Waals surface area (Å²) in [7, 11) is 0. The zero-order valence-electron chi connectivity index (χ0n) is 11.5. The Labute approximate surface area is 119 Å². The van der Waals surface area contributed by atoms with E-state index >= 15 is 0 Å². The first-order valence-electron chi connectivity index (χ1n) is 6.94. The molecule has 0 aliphatic carbocycles. The molecule has 0 aromatic heterocycles. The molecule has 0 saturated carbocycles. The van der Waals surface area contributed by atoms with E-state index in [9.17, 15) is 4.79 Å². The monoisotopic (exact) mass is 278 g/mol. The zero-order chi connectivity index (χ0) is 13.5. The van der Waals surface area contributed by atoms with Crippen molar-refractivity contribution in [3.05, 3.63) is 29.8 Å². The fourth-order valence-electron chi connectivity index (χ4n) is 2.14. The van der Waals surface area contributed by atoms with Gasteiger partial charge in [-0.2, -0.15) is 0 Å². The van der Waals surface area contributed by atoms with Gasteiger partial charge in [-0.1, -0.05) is 17.7 Å². The van der Waals surface area contributed by atoms with Crippen LogP contribution in [0.4, 0.5) is 0 Å². The number of nitrogens with zero attached hydrogens (tertiary/aromatic N) is 1. The van der Waals surface area contributed by atoms with Crippen molar-refractivity contribution in [1.29, 1.82) is 0 Å². The number of rotatable bonds is 4. The highest BCUT2D eigenvalue weighted by atomic mass is 32.2. The number of aryl methyl sites for hydroxylation is 1. The second-order valence-corrected chi connectivity index (χ2v) is 6.06. The number of amides is 1. The minimum absolute atomic E-state index is 0.295. The third-order valence-corrected chi connectivity index (χ3v) is 4.31. The molecule has 4 heteroatoms. The highest BCUT2D eigenvalue weighted by molar-refractivity contribution is 7.99. The third-order valence-electron chi connectivity index (χ3n) is 3.30. The third kappa shape index (κ3) is 4.88. The molecule has 3 nitrogen and oxygen atoms in total. The van der Waals surface area contributed by atoms with Gasteiger partial charge >= 0.3 is 0 Å². The molecule has 0 atom stereocenters. The van der Waals surface area contributed by atoms with Gasteiger partial charge in [-0.05, 0) is 32.0 Å². The van der Waals surface area contributed by atoms with Crippen molar-refractivity contribution in [3.63, 3.8) is 0 Å². The summed E-state index contributed by atoms with van der Waals surface area (Å²) in [6, 6.07) is 8.48. The summed E-state index contributed by atoms with van der Waals surface area (Å²) < 4.78 is 0. The minimum Gasteiger partial charge on any atom is -0.341 e. The Morgan fingerprint density at radius 2 is 2.05 bits per heavy atom. The lowest BCUT2D eigenvalue weighted by molar-refractivity contribution is -0.130. The molecule has 1 saturated heterocycles. The van der Waals surface area contributed by atoms with Crippen molar-refractivity contribution in [3.8, 4) is 0 Å². The van der Waals surface area contributed by atoms with Crippen LogP contribution in [-0.4, -0.2) is 42.7 Å². The quantitative estimate of drug-likeness (QED) is 0.858. The Kier molecular flexibility index (Phi) is 5.73. The predicted molar refractivity (Wildman–Crippen MR) is 80.6 cm³/mol. The first-order valence-corrected chi connectivity index (χ1v) is 7.92. The normalized spacial score (nSPS) is 16.2. The summed E-state index contributed by atoms with van der Waals surface area (Å²) in [6.07, 6.45) is 1.70. The maximum atomic E-state index is 12.1. The van der Waals surface area contributed by atoms with Crippen molar-refractivity contribution in [1.82, 2.24) is 10.2 Å². The van der Waals surface area contributed by atoms with E-state index in [0.29, 0.717) is 12.3 Å². The molecule has 2 rings (SSSR count). The maximum Gasteiger partial charge on any atom is 0.223 e. The molecule has 0 unspecified atom stereocenters. The lowest BCUT2D eigenvalue weighted by Gasteiger charge is -2.19. The lowest BCUT2D eigenvalue weighted by atomic mass is 10.2. The summed E-state index contributed by atoms with van der Waals surface area (Å²) in [5, 5.41) is 3.32. The maximum absolute atomic E-state index is 12.1. The van der Waals surface area contributed by atoms with Crippen molar-refractivity contribution < 1.29 is 4.79 Å². The van der Waals surface area contributed by atoms with Gasteiger partial charge in [-0.25, -0.2) is 0 Å². The highest BCUT2D eigenvalue weighted by Crippen LogP contribution is 2.19. The summed E-state index contributed by atoms with van der Waals surface area (Å²) in [5.74, 6) is 1.16. The molecule has 104 valence electrons. The second kappa shape index (κ2) is 7.56. The largest absolute Gasteiger partial charge is 0.341 e. The zero-order valence-corrected chi connectivity index (χ0v) is 12.3. The van der Waals surface area contributed by atoms with E-state index in [1.54, 1.807) is 11.8 Å². The van der Waals surface area contributed by atoms with Crippen molar-refractivity contribution in [2.45, 2.75) is 24.7 Å². The van der Waals surface area contributed by atoms with E-state index in [4.69, 9.17) is 0 Å². The molecule has 0 spiro atoms. The molecule has 1 N–H and O–H groups in total. The number of thioether (sulfide) groups is 1. The van der Waals surface area contributed by atoms with Crippen LogP contribution in [0.25, 0.3) is 0 Å². The smallest absolute Gasteiger partial charge is 0.223 e. The summed E-state index contributed by atoms with van der Waals surface area (Å²) in [4.78, 5) is 15.3. The molecule has 1 fully saturated rings. The minimum atomic E-state index is 0.295. The predicted octanol–water partition coefficient (Wildman–Crippen LogP) is 2.30. The van der Waals surface area contributed by atoms with Gasteiger partial charge in [0.2, 0.25) is 5.91 Å². The Balaban J connectivity index is 1.72. The van der Waals surface area contributed by atoms with Gasteiger partial charge in [0.1, 0.15) is 0 Å². The molecule has 1 aliphatic rings. The van der Waals surface area contributed by atoms with Gasteiger partial charge in [-0.3, -0.25) is 4.79 Å². The van der Waals surface area contributed by atoms with Crippen molar-refractivity contribution in [2.24, 2.45) is 0 Å². The van der Waals surface area contributed by atoms with Crippen LogP contribution in [0.2, 0.25) is 0 Å². The number of carbonyl (C=O) groups is 1. The first kappa shape index (κ1) is 14.4. The molecule has 1 heterocycles. The topological polar surface area (TPSA) is 32.3 Å². The summed E-state index contributed by atoms with van der Waals surface area (Å²) >= 11 is 1.76. The highest BCUT2D eigenvalue weighted by Gasteiger charge is 2.14. The first-order chi connectivity index (χ1) is 9.25. The molecule has 1 amide bonds. The van der Waals surface area contributed by atoms with Gasteiger partial charge in [0.15, 0.2) is 0 Å². The summed E-state index contributed by atoms with van der Waals surface area (Å²) in [5.41, 5.74) is 1.28. The molecule has 0 radical (unpaired) electrons. The van der Waals surface area contributed by atoms with E-state index in [0.717, 1.165) is 38.4 Å².